The molecule has 0 aliphatic rings. The highest BCUT2D eigenvalue weighted by molar-refractivity contribution is 7.99. The number of thioether (sulfide) groups is 1. The predicted octanol–water partition coefficient (Wildman–Crippen LogP) is 1.17. The van der Waals surface area contributed by atoms with Crippen molar-refractivity contribution in [3.8, 4) is 0 Å². The summed E-state index contributed by atoms with van der Waals surface area (Å²) in [5.41, 5.74) is 6.47. The van der Waals surface area contributed by atoms with E-state index in [0.29, 0.717) is 12.3 Å². The minimum atomic E-state index is -0.718. The van der Waals surface area contributed by atoms with Gasteiger partial charge >= 0.3 is 0 Å². The Hall–Kier alpha value is -2.45. The normalized spacial score (nSPS) is 11.6. The molecule has 0 saturated heterocycles. The number of rotatable bonds is 7. The first-order valence-electron chi connectivity index (χ1n) is 7.35. The van der Waals surface area contributed by atoms with E-state index in [-0.39, 0.29) is 17.8 Å². The van der Waals surface area contributed by atoms with Crippen LogP contribution in [0, 0.1) is 0 Å². The van der Waals surface area contributed by atoms with Crippen LogP contribution in [0.1, 0.15) is 12.5 Å². The number of benzene rings is 1. The highest BCUT2D eigenvalue weighted by atomic mass is 32.2. The zero-order valence-electron chi connectivity index (χ0n) is 13.2. The first-order chi connectivity index (χ1) is 11.6. The monoisotopic (exact) mass is 345 g/mol. The Labute approximate surface area is 144 Å². The summed E-state index contributed by atoms with van der Waals surface area (Å²) in [6.45, 7) is 1.37. The van der Waals surface area contributed by atoms with Crippen molar-refractivity contribution in [1.29, 1.82) is 0 Å². The summed E-state index contributed by atoms with van der Waals surface area (Å²) in [5.74, 6) is 0.0277. The maximum atomic E-state index is 12.4. The maximum Gasteiger partial charge on any atom is 0.249 e. The molecule has 0 aliphatic carbocycles. The molecule has 0 radical (unpaired) electrons. The largest absolute Gasteiger partial charge is 0.344 e. The van der Waals surface area contributed by atoms with Gasteiger partial charge in [-0.25, -0.2) is 9.97 Å². The van der Waals surface area contributed by atoms with E-state index in [0.717, 1.165) is 10.5 Å². The highest BCUT2D eigenvalue weighted by Gasteiger charge is 2.21. The number of nitrogens with two attached hydrogens (primary N) is 1. The van der Waals surface area contributed by atoms with Crippen molar-refractivity contribution in [2.75, 3.05) is 11.2 Å². The minimum Gasteiger partial charge on any atom is -0.344 e. The van der Waals surface area contributed by atoms with Crippen LogP contribution in [0.3, 0.4) is 0 Å². The molecule has 0 spiro atoms. The van der Waals surface area contributed by atoms with Gasteiger partial charge in [-0.1, -0.05) is 12.1 Å². The molecule has 4 N–H and O–H groups in total. The van der Waals surface area contributed by atoms with E-state index in [2.05, 4.69) is 20.6 Å². The van der Waals surface area contributed by atoms with Crippen LogP contribution in [0.15, 0.2) is 47.6 Å². The van der Waals surface area contributed by atoms with Crippen LogP contribution in [0.25, 0.3) is 0 Å². The van der Waals surface area contributed by atoms with E-state index in [4.69, 9.17) is 5.73 Å². The third kappa shape index (κ3) is 5.64. The molecular formula is C16H19N5O2S. The molecule has 0 saturated carbocycles. The summed E-state index contributed by atoms with van der Waals surface area (Å²) in [6, 6.07) is 8.65. The number of carbonyl (C=O) groups excluding carboxylic acids is 2. The molecule has 2 amide bonds. The van der Waals surface area contributed by atoms with Crippen molar-refractivity contribution in [3.05, 3.63) is 48.3 Å². The van der Waals surface area contributed by atoms with Crippen LogP contribution in [-0.2, 0) is 16.0 Å². The van der Waals surface area contributed by atoms with Gasteiger partial charge in [0.25, 0.3) is 0 Å². The number of hydrogen-bond donors (Lipinski definition) is 3. The van der Waals surface area contributed by atoms with Crippen molar-refractivity contribution < 1.29 is 9.59 Å². The zero-order chi connectivity index (χ0) is 17.4. The van der Waals surface area contributed by atoms with Gasteiger partial charge in [-0.05, 0) is 23.8 Å². The van der Waals surface area contributed by atoms with Gasteiger partial charge in [0.2, 0.25) is 17.8 Å². The maximum absolute atomic E-state index is 12.4. The van der Waals surface area contributed by atoms with E-state index < -0.39 is 6.04 Å². The predicted molar refractivity (Wildman–Crippen MR) is 93.3 cm³/mol. The zero-order valence-corrected chi connectivity index (χ0v) is 14.0. The highest BCUT2D eigenvalue weighted by Crippen LogP contribution is 2.18. The van der Waals surface area contributed by atoms with Gasteiger partial charge in [0.05, 0.1) is 0 Å². The molecular weight excluding hydrogens is 326 g/mol. The molecule has 2 aromatic rings. The third-order valence-electron chi connectivity index (χ3n) is 3.08. The number of aromatic nitrogens is 2. The molecule has 126 valence electrons. The number of nitrogens with one attached hydrogen (secondary N) is 2. The van der Waals surface area contributed by atoms with Gasteiger partial charge in [-0.2, -0.15) is 0 Å². The Morgan fingerprint density at radius 2 is 2.00 bits per heavy atom. The second kappa shape index (κ2) is 8.99. The molecule has 1 unspecified atom stereocenters. The van der Waals surface area contributed by atoms with Gasteiger partial charge in [0.1, 0.15) is 6.04 Å². The van der Waals surface area contributed by atoms with E-state index in [1.54, 1.807) is 6.07 Å². The Balaban J connectivity index is 2.11. The number of hydrogen-bond acceptors (Lipinski definition) is 6. The fraction of sp³-hybridized carbons (Fsp3) is 0.250. The molecule has 0 aliphatic heterocycles. The lowest BCUT2D eigenvalue weighted by Gasteiger charge is -2.17. The Kier molecular flexibility index (Phi) is 6.71. The van der Waals surface area contributed by atoms with Crippen molar-refractivity contribution in [2.45, 2.75) is 24.3 Å². The van der Waals surface area contributed by atoms with Gasteiger partial charge in [0.15, 0.2) is 0 Å². The van der Waals surface area contributed by atoms with Crippen LogP contribution >= 0.6 is 11.8 Å². The summed E-state index contributed by atoms with van der Waals surface area (Å²) >= 11 is 1.51. The van der Waals surface area contributed by atoms with Gasteiger partial charge in [0, 0.05) is 36.5 Å². The summed E-state index contributed by atoms with van der Waals surface area (Å²) in [4.78, 5) is 32.8. The van der Waals surface area contributed by atoms with E-state index in [1.165, 1.54) is 31.1 Å². The molecule has 1 atom stereocenters. The van der Waals surface area contributed by atoms with Crippen LogP contribution < -0.4 is 16.4 Å². The summed E-state index contributed by atoms with van der Waals surface area (Å²) < 4.78 is 0. The molecule has 1 aromatic carbocycles. The van der Waals surface area contributed by atoms with E-state index in [9.17, 15) is 9.59 Å². The lowest BCUT2D eigenvalue weighted by Crippen LogP contribution is -2.44. The quantitative estimate of drug-likeness (QED) is 0.513. The number of carbonyl (C=O) groups is 2. The minimum absolute atomic E-state index is 0.199. The molecule has 24 heavy (non-hydrogen) atoms. The summed E-state index contributed by atoms with van der Waals surface area (Å²) in [5, 5.41) is 5.27. The van der Waals surface area contributed by atoms with Crippen LogP contribution in [0.5, 0.6) is 0 Å². The second-order valence-corrected chi connectivity index (χ2v) is 6.07. The van der Waals surface area contributed by atoms with Gasteiger partial charge in [-0.15, -0.1) is 11.8 Å². The summed E-state index contributed by atoms with van der Waals surface area (Å²) in [7, 11) is 0. The van der Waals surface area contributed by atoms with Crippen molar-refractivity contribution in [2.24, 2.45) is 5.73 Å². The molecule has 1 aromatic heterocycles. The van der Waals surface area contributed by atoms with E-state index in [1.807, 2.05) is 24.3 Å². The summed E-state index contributed by atoms with van der Waals surface area (Å²) in [6.07, 6.45) is 3.42. The van der Waals surface area contributed by atoms with Crippen LogP contribution in [-0.4, -0.2) is 33.7 Å². The van der Waals surface area contributed by atoms with Crippen LogP contribution in [0.2, 0.25) is 0 Å². The SMILES string of the molecule is CC(=O)NC(Cc1cccc(SCN)c1)C(=O)Nc1ncccn1. The first-order valence-corrected chi connectivity index (χ1v) is 8.34. The number of anilines is 1. The first kappa shape index (κ1) is 17.9. The van der Waals surface area contributed by atoms with Gasteiger partial charge in [-0.3, -0.25) is 14.9 Å². The Morgan fingerprint density at radius 3 is 2.67 bits per heavy atom. The smallest absolute Gasteiger partial charge is 0.249 e. The fourth-order valence-electron chi connectivity index (χ4n) is 2.11. The number of amides is 2. The average Bonchev–Trinajstić information content (AvgIpc) is 2.55. The Bertz CT molecular complexity index is 696. The average molecular weight is 345 g/mol. The Morgan fingerprint density at radius 1 is 1.25 bits per heavy atom. The lowest BCUT2D eigenvalue weighted by atomic mass is 10.1. The van der Waals surface area contributed by atoms with Crippen molar-refractivity contribution in [1.82, 2.24) is 15.3 Å². The van der Waals surface area contributed by atoms with Crippen molar-refractivity contribution in [3.63, 3.8) is 0 Å². The second-order valence-electron chi connectivity index (χ2n) is 4.98. The molecule has 0 bridgehead atoms. The van der Waals surface area contributed by atoms with Crippen molar-refractivity contribution >= 4 is 29.5 Å². The topological polar surface area (TPSA) is 110 Å². The molecule has 0 fully saturated rings. The molecule has 7 nitrogen and oxygen atoms in total. The molecule has 2 rings (SSSR count). The van der Waals surface area contributed by atoms with E-state index >= 15 is 0 Å². The standard InChI is InChI=1S/C16H19N5O2S/c1-11(22)20-14(15(23)21-16-18-6-3-7-19-16)9-12-4-2-5-13(8-12)24-10-17/h2-8,14H,9-10,17H2,1H3,(H,20,22)(H,18,19,21,23). The fourth-order valence-corrected chi connectivity index (χ4v) is 2.71. The third-order valence-corrected chi connectivity index (χ3v) is 3.84. The molecule has 1 heterocycles. The van der Waals surface area contributed by atoms with Crippen LogP contribution in [0.4, 0.5) is 5.95 Å². The molecule has 8 heteroatoms. The van der Waals surface area contributed by atoms with Gasteiger partial charge < -0.3 is 11.1 Å². The lowest BCUT2D eigenvalue weighted by molar-refractivity contribution is -0.125. The number of nitrogens with zero attached hydrogens (tertiary/aromatic N) is 2.